The van der Waals surface area contributed by atoms with Gasteiger partial charge in [-0.3, -0.25) is 4.79 Å². The predicted molar refractivity (Wildman–Crippen MR) is 106 cm³/mol. The first-order valence-corrected chi connectivity index (χ1v) is 8.65. The number of amides is 1. The van der Waals surface area contributed by atoms with Gasteiger partial charge in [0.15, 0.2) is 0 Å². The molecule has 5 nitrogen and oxygen atoms in total. The first kappa shape index (κ1) is 20.1. The van der Waals surface area contributed by atoms with Crippen LogP contribution < -0.4 is 15.8 Å². The van der Waals surface area contributed by atoms with E-state index in [2.05, 4.69) is 5.32 Å². The lowest BCUT2D eigenvalue weighted by Crippen LogP contribution is -2.34. The molecule has 1 aliphatic carbocycles. The molecule has 1 saturated carbocycles. The number of nitrogen functional groups attached to an aromatic ring is 1. The van der Waals surface area contributed by atoms with Gasteiger partial charge in [-0.25, -0.2) is 0 Å². The first-order valence-electron chi connectivity index (χ1n) is 8.65. The number of halogens is 1. The maximum absolute atomic E-state index is 12.4. The van der Waals surface area contributed by atoms with Gasteiger partial charge in [0.05, 0.1) is 6.10 Å². The van der Waals surface area contributed by atoms with E-state index in [1.807, 2.05) is 25.1 Å². The number of nitrogens with two attached hydrogens (primary N) is 1. The zero-order valence-corrected chi connectivity index (χ0v) is 15.6. The topological polar surface area (TPSA) is 84.6 Å². The summed E-state index contributed by atoms with van der Waals surface area (Å²) in [4.78, 5) is 12.4. The Kier molecular flexibility index (Phi) is 6.89. The Hall–Kier alpha value is -2.24. The Morgan fingerprint density at radius 1 is 1.15 bits per heavy atom. The van der Waals surface area contributed by atoms with Gasteiger partial charge in [0.1, 0.15) is 11.9 Å². The van der Waals surface area contributed by atoms with Crippen molar-refractivity contribution in [3.63, 3.8) is 0 Å². The molecular weight excluding hydrogens is 352 g/mol. The van der Waals surface area contributed by atoms with Crippen LogP contribution >= 0.6 is 12.4 Å². The number of carbonyl (C=O) groups excluding carboxylic acids is 1. The fourth-order valence-corrected chi connectivity index (χ4v) is 3.09. The third-order valence-corrected chi connectivity index (χ3v) is 4.57. The van der Waals surface area contributed by atoms with Crippen molar-refractivity contribution in [3.8, 4) is 5.75 Å². The molecule has 0 heterocycles. The molecule has 4 N–H and O–H groups in total. The van der Waals surface area contributed by atoms with Crippen molar-refractivity contribution < 1.29 is 14.6 Å². The highest BCUT2D eigenvalue weighted by atomic mass is 35.5. The van der Waals surface area contributed by atoms with Gasteiger partial charge in [-0.2, -0.15) is 0 Å². The number of anilines is 2. The number of hydrogen-bond acceptors (Lipinski definition) is 4. The average molecular weight is 377 g/mol. The summed E-state index contributed by atoms with van der Waals surface area (Å²) in [7, 11) is 0. The van der Waals surface area contributed by atoms with Crippen LogP contribution in [0.2, 0.25) is 0 Å². The quantitative estimate of drug-likeness (QED) is 0.706. The summed E-state index contributed by atoms with van der Waals surface area (Å²) in [6.45, 7) is 1.88. The summed E-state index contributed by atoms with van der Waals surface area (Å²) in [5.74, 6) is 0.505. The van der Waals surface area contributed by atoms with Crippen LogP contribution in [0.3, 0.4) is 0 Å². The van der Waals surface area contributed by atoms with E-state index >= 15 is 0 Å². The van der Waals surface area contributed by atoms with Gasteiger partial charge < -0.3 is 20.9 Å². The summed E-state index contributed by atoms with van der Waals surface area (Å²) in [5, 5.41) is 12.9. The normalized spacial score (nSPS) is 19.3. The van der Waals surface area contributed by atoms with Gasteiger partial charge in [-0.05, 0) is 68.1 Å². The number of carbonyl (C=O) groups is 1. The van der Waals surface area contributed by atoms with Crippen molar-refractivity contribution >= 4 is 29.7 Å². The van der Waals surface area contributed by atoms with E-state index in [4.69, 9.17) is 10.5 Å². The molecule has 0 spiro atoms. The van der Waals surface area contributed by atoms with Crippen LogP contribution in [0, 0.1) is 6.92 Å². The Labute approximate surface area is 160 Å². The summed E-state index contributed by atoms with van der Waals surface area (Å²) in [6.07, 6.45) is 3.24. The number of ether oxygens (including phenoxy) is 1. The summed E-state index contributed by atoms with van der Waals surface area (Å²) < 4.78 is 5.87. The largest absolute Gasteiger partial charge is 0.488 e. The van der Waals surface area contributed by atoms with Crippen LogP contribution in [0.15, 0.2) is 42.5 Å². The molecule has 140 valence electrons. The number of nitrogens with one attached hydrogen (secondary N) is 1. The lowest BCUT2D eigenvalue weighted by Gasteiger charge is -2.28. The van der Waals surface area contributed by atoms with Crippen molar-refractivity contribution in [2.75, 3.05) is 11.1 Å². The van der Waals surface area contributed by atoms with Gasteiger partial charge in [0.2, 0.25) is 0 Å². The molecule has 3 rings (SSSR count). The van der Waals surface area contributed by atoms with Crippen molar-refractivity contribution in [2.45, 2.75) is 44.8 Å². The van der Waals surface area contributed by atoms with Gasteiger partial charge >= 0.3 is 0 Å². The second-order valence-corrected chi connectivity index (χ2v) is 6.56. The summed E-state index contributed by atoms with van der Waals surface area (Å²) in [5.41, 5.74) is 8.44. The van der Waals surface area contributed by atoms with Crippen LogP contribution in [0.25, 0.3) is 0 Å². The third kappa shape index (κ3) is 4.90. The van der Waals surface area contributed by atoms with Gasteiger partial charge in [0, 0.05) is 16.9 Å². The average Bonchev–Trinajstić information content (AvgIpc) is 2.60. The van der Waals surface area contributed by atoms with Crippen LogP contribution in [-0.4, -0.2) is 23.2 Å². The zero-order valence-electron chi connectivity index (χ0n) is 14.8. The number of rotatable bonds is 4. The molecule has 2 aromatic rings. The molecule has 26 heavy (non-hydrogen) atoms. The standard InChI is InChI=1S/C20H24N2O3.ClH/c1-13-6-7-14(21)12-17(13)20(24)22-15-8-10-16(11-9-15)25-19-5-3-2-4-18(19)23;/h6-12,18-19,23H,2-5,21H2,1H3,(H,22,24);1H. The van der Waals surface area contributed by atoms with Gasteiger partial charge in [-0.15, -0.1) is 12.4 Å². The highest BCUT2D eigenvalue weighted by Crippen LogP contribution is 2.25. The maximum Gasteiger partial charge on any atom is 0.256 e. The Morgan fingerprint density at radius 3 is 2.54 bits per heavy atom. The number of benzene rings is 2. The highest BCUT2D eigenvalue weighted by Gasteiger charge is 2.24. The number of aryl methyl sites for hydroxylation is 1. The molecule has 1 amide bonds. The predicted octanol–water partition coefficient (Wildman–Crippen LogP) is 3.93. The molecular formula is C20H25ClN2O3. The van der Waals surface area contributed by atoms with E-state index in [1.165, 1.54) is 0 Å². The summed E-state index contributed by atoms with van der Waals surface area (Å²) in [6, 6.07) is 12.5. The van der Waals surface area contributed by atoms with Crippen LogP contribution in [-0.2, 0) is 0 Å². The van der Waals surface area contributed by atoms with E-state index < -0.39 is 6.10 Å². The van der Waals surface area contributed by atoms with Crippen molar-refractivity contribution in [1.29, 1.82) is 0 Å². The van der Waals surface area contributed by atoms with E-state index in [9.17, 15) is 9.90 Å². The Bertz CT molecular complexity index is 749. The lowest BCUT2D eigenvalue weighted by atomic mass is 9.95. The molecule has 0 bridgehead atoms. The Morgan fingerprint density at radius 2 is 1.85 bits per heavy atom. The molecule has 6 heteroatoms. The zero-order chi connectivity index (χ0) is 17.8. The molecule has 1 aliphatic rings. The SMILES string of the molecule is Cc1ccc(N)cc1C(=O)Nc1ccc(OC2CCCCC2O)cc1.Cl. The van der Waals surface area contributed by atoms with Crippen molar-refractivity contribution in [3.05, 3.63) is 53.6 Å². The first-order chi connectivity index (χ1) is 12.0. The maximum atomic E-state index is 12.4. The third-order valence-electron chi connectivity index (χ3n) is 4.57. The molecule has 0 saturated heterocycles. The minimum atomic E-state index is -0.403. The van der Waals surface area contributed by atoms with Crippen LogP contribution in [0.4, 0.5) is 11.4 Å². The Balaban J connectivity index is 0.00000243. The molecule has 2 atom stereocenters. The molecule has 0 aromatic heterocycles. The molecule has 0 radical (unpaired) electrons. The van der Waals surface area contributed by atoms with E-state index in [0.29, 0.717) is 22.7 Å². The molecule has 0 aliphatic heterocycles. The van der Waals surface area contributed by atoms with E-state index in [1.54, 1.807) is 24.3 Å². The number of aliphatic hydroxyl groups excluding tert-OH is 1. The highest BCUT2D eigenvalue weighted by molar-refractivity contribution is 6.05. The van der Waals surface area contributed by atoms with E-state index in [0.717, 1.165) is 31.2 Å². The monoisotopic (exact) mass is 376 g/mol. The van der Waals surface area contributed by atoms with E-state index in [-0.39, 0.29) is 24.4 Å². The number of aliphatic hydroxyl groups is 1. The molecule has 1 fully saturated rings. The second-order valence-electron chi connectivity index (χ2n) is 6.56. The summed E-state index contributed by atoms with van der Waals surface area (Å²) >= 11 is 0. The fraction of sp³-hybridized carbons (Fsp3) is 0.350. The van der Waals surface area contributed by atoms with Crippen molar-refractivity contribution in [1.82, 2.24) is 0 Å². The fourth-order valence-electron chi connectivity index (χ4n) is 3.09. The molecule has 2 unspecified atom stereocenters. The van der Waals surface area contributed by atoms with Gasteiger partial charge in [-0.1, -0.05) is 12.5 Å². The molecule has 2 aromatic carbocycles. The van der Waals surface area contributed by atoms with Gasteiger partial charge in [0.25, 0.3) is 5.91 Å². The minimum Gasteiger partial charge on any atom is -0.488 e. The smallest absolute Gasteiger partial charge is 0.256 e. The second kappa shape index (κ2) is 8.92. The van der Waals surface area contributed by atoms with Crippen LogP contribution in [0.5, 0.6) is 5.75 Å². The van der Waals surface area contributed by atoms with Crippen molar-refractivity contribution in [2.24, 2.45) is 0 Å². The lowest BCUT2D eigenvalue weighted by molar-refractivity contribution is 0.00688. The van der Waals surface area contributed by atoms with Crippen LogP contribution in [0.1, 0.15) is 41.6 Å². The minimum absolute atomic E-state index is 0. The number of hydrogen-bond donors (Lipinski definition) is 3.